The van der Waals surface area contributed by atoms with Crippen molar-refractivity contribution in [3.63, 3.8) is 0 Å². The third-order valence-electron chi connectivity index (χ3n) is 7.34. The zero-order chi connectivity index (χ0) is 29.1. The van der Waals surface area contributed by atoms with Gasteiger partial charge in [-0.05, 0) is 25.7 Å². The van der Waals surface area contributed by atoms with E-state index in [4.69, 9.17) is 0 Å². The second-order valence-electron chi connectivity index (χ2n) is 11.0. The molecule has 0 spiro atoms. The molecule has 0 fully saturated rings. The number of hydrogen-bond donors (Lipinski definition) is 0. The third-order valence-corrected chi connectivity index (χ3v) is 9.91. The summed E-state index contributed by atoms with van der Waals surface area (Å²) in [4.78, 5) is 0. The number of unbranched alkanes of at least 4 members (excludes halogenated alkanes) is 16. The molecule has 0 saturated heterocycles. The van der Waals surface area contributed by atoms with Crippen molar-refractivity contribution in [1.82, 2.24) is 0 Å². The standard InChI is InChI=1S/2C15H32O3S.Ba/c2*1-3-5-7-8-9-10-11-12-14-15(13-6-4-2)19(16,17)18;/h2*15H,3-14H2,1-2H3,(H,16,17,18);/q;;+2/p-2. The molecule has 0 aliphatic rings. The van der Waals surface area contributed by atoms with Crippen LogP contribution >= 0.6 is 0 Å². The quantitative estimate of drug-likeness (QED) is 0.0501. The van der Waals surface area contributed by atoms with Gasteiger partial charge >= 0.3 is 48.9 Å². The van der Waals surface area contributed by atoms with Gasteiger partial charge in [-0.1, -0.05) is 156 Å². The molecule has 0 N–H and O–H groups in total. The first-order chi connectivity index (χ1) is 18.0. The zero-order valence-electron chi connectivity index (χ0n) is 26.1. The first kappa shape index (κ1) is 44.8. The van der Waals surface area contributed by atoms with Gasteiger partial charge in [-0.25, -0.2) is 16.8 Å². The van der Waals surface area contributed by atoms with Gasteiger partial charge in [0.15, 0.2) is 0 Å². The Morgan fingerprint density at radius 3 is 0.821 bits per heavy atom. The van der Waals surface area contributed by atoms with E-state index in [0.717, 1.165) is 51.4 Å². The van der Waals surface area contributed by atoms with Crippen LogP contribution in [0.25, 0.3) is 0 Å². The van der Waals surface area contributed by atoms with Crippen LogP contribution in [-0.4, -0.2) is 85.3 Å². The molecule has 6 nitrogen and oxygen atoms in total. The first-order valence-electron chi connectivity index (χ1n) is 15.9. The van der Waals surface area contributed by atoms with Crippen LogP contribution in [0.4, 0.5) is 0 Å². The normalized spacial score (nSPS) is 13.3. The Bertz CT molecular complexity index is 638. The molecule has 0 amide bonds. The van der Waals surface area contributed by atoms with E-state index >= 15 is 0 Å². The fourth-order valence-corrected chi connectivity index (χ4v) is 6.56. The molecule has 2 atom stereocenters. The number of rotatable bonds is 26. The largest absolute Gasteiger partial charge is 2.00 e. The molecule has 0 bridgehead atoms. The topological polar surface area (TPSA) is 114 Å². The van der Waals surface area contributed by atoms with Gasteiger partial charge in [0.25, 0.3) is 0 Å². The summed E-state index contributed by atoms with van der Waals surface area (Å²) in [6, 6.07) is 0. The molecule has 9 heteroatoms. The van der Waals surface area contributed by atoms with Gasteiger partial charge in [-0.15, -0.1) is 0 Å². The van der Waals surface area contributed by atoms with E-state index in [1.165, 1.54) is 77.0 Å². The van der Waals surface area contributed by atoms with Crippen LogP contribution in [-0.2, 0) is 20.2 Å². The smallest absolute Gasteiger partial charge is 0.748 e. The van der Waals surface area contributed by atoms with Crippen molar-refractivity contribution in [2.75, 3.05) is 0 Å². The van der Waals surface area contributed by atoms with Crippen LogP contribution in [0, 0.1) is 0 Å². The molecular formula is C30H62BaO6S2. The van der Waals surface area contributed by atoms with E-state index in [-0.39, 0.29) is 48.9 Å². The molecule has 0 saturated carbocycles. The van der Waals surface area contributed by atoms with E-state index in [0.29, 0.717) is 25.7 Å². The molecule has 0 rings (SSSR count). The van der Waals surface area contributed by atoms with Crippen molar-refractivity contribution in [3.8, 4) is 0 Å². The van der Waals surface area contributed by atoms with E-state index in [2.05, 4.69) is 13.8 Å². The first-order valence-corrected chi connectivity index (χ1v) is 18.9. The maximum Gasteiger partial charge on any atom is 2.00 e. The van der Waals surface area contributed by atoms with Crippen LogP contribution in [0.2, 0.25) is 0 Å². The van der Waals surface area contributed by atoms with Gasteiger partial charge in [-0.2, -0.15) is 0 Å². The maximum absolute atomic E-state index is 11.1. The van der Waals surface area contributed by atoms with Crippen LogP contribution in [0.3, 0.4) is 0 Å². The average molecular weight is 720 g/mol. The average Bonchev–Trinajstić information content (AvgIpc) is 2.85. The molecule has 0 aromatic carbocycles. The van der Waals surface area contributed by atoms with E-state index in [1.54, 1.807) is 0 Å². The van der Waals surface area contributed by atoms with Crippen LogP contribution < -0.4 is 0 Å². The van der Waals surface area contributed by atoms with Gasteiger partial charge in [-0.3, -0.25) is 0 Å². The minimum Gasteiger partial charge on any atom is -0.748 e. The van der Waals surface area contributed by atoms with Crippen molar-refractivity contribution >= 4 is 69.1 Å². The molecule has 0 aromatic rings. The molecule has 39 heavy (non-hydrogen) atoms. The zero-order valence-corrected chi connectivity index (χ0v) is 32.2. The van der Waals surface area contributed by atoms with Gasteiger partial charge in [0.05, 0.1) is 20.2 Å². The summed E-state index contributed by atoms with van der Waals surface area (Å²) in [5.41, 5.74) is 0. The Morgan fingerprint density at radius 1 is 0.385 bits per heavy atom. The van der Waals surface area contributed by atoms with Gasteiger partial charge in [0, 0.05) is 10.5 Å². The molecular weight excluding hydrogens is 658 g/mol. The minimum absolute atomic E-state index is 0. The minimum atomic E-state index is -4.09. The molecule has 232 valence electrons. The predicted octanol–water partition coefficient (Wildman–Crippen LogP) is 8.86. The van der Waals surface area contributed by atoms with Crippen molar-refractivity contribution in [2.45, 2.75) is 192 Å². The van der Waals surface area contributed by atoms with E-state index in [1.807, 2.05) is 13.8 Å². The second-order valence-corrected chi connectivity index (χ2v) is 14.3. The fraction of sp³-hybridized carbons (Fsp3) is 1.00. The summed E-state index contributed by atoms with van der Waals surface area (Å²) < 4.78 is 66.7. The Hall–Kier alpha value is 1.39. The van der Waals surface area contributed by atoms with E-state index in [9.17, 15) is 25.9 Å². The second kappa shape index (κ2) is 30.8. The third kappa shape index (κ3) is 32.1. The van der Waals surface area contributed by atoms with Gasteiger partial charge in [0.2, 0.25) is 0 Å². The Morgan fingerprint density at radius 2 is 0.590 bits per heavy atom. The van der Waals surface area contributed by atoms with Gasteiger partial charge < -0.3 is 9.11 Å². The van der Waals surface area contributed by atoms with Crippen molar-refractivity contribution in [1.29, 1.82) is 0 Å². The van der Waals surface area contributed by atoms with Crippen molar-refractivity contribution in [3.05, 3.63) is 0 Å². The summed E-state index contributed by atoms with van der Waals surface area (Å²) in [5.74, 6) is 0. The summed E-state index contributed by atoms with van der Waals surface area (Å²) >= 11 is 0. The summed E-state index contributed by atoms with van der Waals surface area (Å²) in [6.07, 6.45) is 24.8. The van der Waals surface area contributed by atoms with Crippen LogP contribution in [0.1, 0.15) is 182 Å². The maximum atomic E-state index is 11.1. The summed E-state index contributed by atoms with van der Waals surface area (Å²) in [5, 5.41) is -1.29. The Kier molecular flexibility index (Phi) is 35.4. The fourth-order valence-electron chi connectivity index (χ4n) is 4.74. The van der Waals surface area contributed by atoms with Crippen molar-refractivity contribution in [2.24, 2.45) is 0 Å². The molecule has 0 aliphatic carbocycles. The Balaban J connectivity index is -0.000000648. The SMILES string of the molecule is CCCCCCCCCCC(CCCC)S(=O)(=O)[O-].CCCCCCCCCCC(CCCC)S(=O)(=O)[O-].[Ba+2]. The molecule has 0 radical (unpaired) electrons. The predicted molar refractivity (Wildman–Crippen MR) is 166 cm³/mol. The molecule has 0 aliphatic heterocycles. The molecule has 0 aromatic heterocycles. The monoisotopic (exact) mass is 720 g/mol. The van der Waals surface area contributed by atoms with Crippen LogP contribution in [0.15, 0.2) is 0 Å². The molecule has 2 unspecified atom stereocenters. The molecule has 0 heterocycles. The number of hydrogen-bond acceptors (Lipinski definition) is 6. The van der Waals surface area contributed by atoms with Crippen LogP contribution in [0.5, 0.6) is 0 Å². The van der Waals surface area contributed by atoms with Crippen molar-refractivity contribution < 1.29 is 25.9 Å². The Labute approximate surface area is 284 Å². The van der Waals surface area contributed by atoms with E-state index < -0.39 is 30.7 Å². The summed E-state index contributed by atoms with van der Waals surface area (Å²) in [7, 11) is -8.18. The summed E-state index contributed by atoms with van der Waals surface area (Å²) in [6.45, 7) is 8.45. The van der Waals surface area contributed by atoms with Gasteiger partial charge in [0.1, 0.15) is 0 Å².